The van der Waals surface area contributed by atoms with Crippen LogP contribution in [0, 0.1) is 0 Å². The minimum Gasteiger partial charge on any atom is -0.355 e. The van der Waals surface area contributed by atoms with Gasteiger partial charge in [0.25, 0.3) is 0 Å². The Hall–Kier alpha value is -0.760. The van der Waals surface area contributed by atoms with Crippen molar-refractivity contribution >= 4 is 0 Å². The largest absolute Gasteiger partial charge is 0.355 e. The highest BCUT2D eigenvalue weighted by molar-refractivity contribution is 4.92. The van der Waals surface area contributed by atoms with Crippen molar-refractivity contribution in [1.29, 1.82) is 0 Å². The molecule has 0 N–H and O–H groups in total. The fraction of sp³-hybridized carbons (Fsp3) is 0.902. The van der Waals surface area contributed by atoms with Crippen molar-refractivity contribution < 1.29 is 0 Å². The van der Waals surface area contributed by atoms with Crippen LogP contribution in [0.4, 0.5) is 0 Å². The predicted octanol–water partition coefficient (Wildman–Crippen LogP) is 14.0. The zero-order chi connectivity index (χ0) is 31.3. The van der Waals surface area contributed by atoms with Gasteiger partial charge in [0.2, 0.25) is 0 Å². The molecule has 0 rings (SSSR count). The van der Waals surface area contributed by atoms with E-state index in [1.54, 1.807) is 0 Å². The molecule has 0 aromatic carbocycles. The van der Waals surface area contributed by atoms with Crippen molar-refractivity contribution in [2.75, 3.05) is 27.2 Å². The number of hydrogen-bond acceptors (Lipinski definition) is 2. The molecule has 2 heteroatoms. The molecule has 0 radical (unpaired) electrons. The third-order valence-electron chi connectivity index (χ3n) is 9.06. The smallest absolute Gasteiger partial charge is 0.0231 e. The van der Waals surface area contributed by atoms with Crippen LogP contribution in [-0.4, -0.2) is 37.0 Å². The molecule has 43 heavy (non-hydrogen) atoms. The van der Waals surface area contributed by atoms with Gasteiger partial charge in [-0.15, -0.1) is 0 Å². The maximum atomic E-state index is 2.44. The van der Waals surface area contributed by atoms with Crippen molar-refractivity contribution in [2.24, 2.45) is 0 Å². The summed E-state index contributed by atoms with van der Waals surface area (Å²) in [6.45, 7) is 6.90. The average molecular weight is 603 g/mol. The fourth-order valence-corrected chi connectivity index (χ4v) is 6.10. The first-order chi connectivity index (χ1) is 21.2. The van der Waals surface area contributed by atoms with Crippen molar-refractivity contribution in [3.63, 3.8) is 0 Å². The number of nitrogens with zero attached hydrogens (tertiary/aromatic N) is 2. The van der Waals surface area contributed by atoms with E-state index < -0.39 is 0 Å². The lowest BCUT2D eigenvalue weighted by molar-refractivity contribution is 0.369. The van der Waals surface area contributed by atoms with E-state index in [4.69, 9.17) is 0 Å². The first-order valence-electron chi connectivity index (χ1n) is 19.9. The van der Waals surface area contributed by atoms with Crippen LogP contribution in [0.15, 0.2) is 24.6 Å². The van der Waals surface area contributed by atoms with E-state index in [2.05, 4.69) is 62.3 Å². The molecular formula is C41H82N2. The Labute approximate surface area is 273 Å². The van der Waals surface area contributed by atoms with Gasteiger partial charge in [-0.25, -0.2) is 0 Å². The van der Waals surface area contributed by atoms with Crippen LogP contribution >= 0.6 is 0 Å². The summed E-state index contributed by atoms with van der Waals surface area (Å²) >= 11 is 0. The van der Waals surface area contributed by atoms with Crippen molar-refractivity contribution in [3.05, 3.63) is 24.6 Å². The topological polar surface area (TPSA) is 6.48 Å². The maximum absolute atomic E-state index is 2.44. The van der Waals surface area contributed by atoms with Crippen LogP contribution in [0.25, 0.3) is 0 Å². The fourth-order valence-electron chi connectivity index (χ4n) is 6.10. The summed E-state index contributed by atoms with van der Waals surface area (Å²) in [5, 5.41) is 0. The highest BCUT2D eigenvalue weighted by atomic mass is 15.1. The van der Waals surface area contributed by atoms with E-state index in [9.17, 15) is 0 Å². The summed E-state index contributed by atoms with van der Waals surface area (Å²) in [5.74, 6) is 0. The van der Waals surface area contributed by atoms with Crippen molar-refractivity contribution in [2.45, 2.75) is 213 Å². The molecule has 0 aliphatic carbocycles. The van der Waals surface area contributed by atoms with Crippen LogP contribution in [0.1, 0.15) is 213 Å². The van der Waals surface area contributed by atoms with Gasteiger partial charge in [-0.3, -0.25) is 0 Å². The SMILES string of the molecule is CCCCCCCCCCCCCCCCC=CN(C=CCCCCCCCCCCCCCCCC)CCCN(C)C. The molecule has 0 spiro atoms. The zero-order valence-corrected chi connectivity index (χ0v) is 30.5. The summed E-state index contributed by atoms with van der Waals surface area (Å²) < 4.78 is 0. The normalized spacial score (nSPS) is 12.0. The molecule has 0 saturated heterocycles. The number of rotatable bonds is 36. The Bertz CT molecular complexity index is 510. The lowest BCUT2D eigenvalue weighted by atomic mass is 10.0. The van der Waals surface area contributed by atoms with Gasteiger partial charge >= 0.3 is 0 Å². The maximum Gasteiger partial charge on any atom is 0.0231 e. The van der Waals surface area contributed by atoms with E-state index in [-0.39, 0.29) is 0 Å². The standard InChI is InChI=1S/C41H82N2/c1-5-7-9-11-13-15-17-19-21-23-25-27-29-31-33-35-39-43(41-37-38-42(3)4)40-36-34-32-30-28-26-24-22-20-18-16-14-12-10-8-6-2/h35-36,39-40H,5-34,37-38,41H2,1-4H3. The Kier molecular flexibility index (Phi) is 36.8. The quantitative estimate of drug-likeness (QED) is 0.0658. The van der Waals surface area contributed by atoms with Crippen molar-refractivity contribution in [3.8, 4) is 0 Å². The van der Waals surface area contributed by atoms with E-state index >= 15 is 0 Å². The zero-order valence-electron chi connectivity index (χ0n) is 30.5. The summed E-state index contributed by atoms with van der Waals surface area (Å²) in [6.07, 6.45) is 53.5. The molecule has 0 aromatic rings. The van der Waals surface area contributed by atoms with Gasteiger partial charge in [0.15, 0.2) is 0 Å². The van der Waals surface area contributed by atoms with Gasteiger partial charge < -0.3 is 9.80 Å². The van der Waals surface area contributed by atoms with Crippen LogP contribution in [0.2, 0.25) is 0 Å². The summed E-state index contributed by atoms with van der Waals surface area (Å²) in [7, 11) is 4.36. The Balaban J connectivity index is 3.77. The Morgan fingerprint density at radius 2 is 0.605 bits per heavy atom. The van der Waals surface area contributed by atoms with Crippen LogP contribution < -0.4 is 0 Å². The summed E-state index contributed by atoms with van der Waals surface area (Å²) in [4.78, 5) is 4.74. The Morgan fingerprint density at radius 1 is 0.326 bits per heavy atom. The molecule has 0 fully saturated rings. The molecule has 0 unspecified atom stereocenters. The molecule has 0 aliphatic heterocycles. The van der Waals surface area contributed by atoms with E-state index in [0.29, 0.717) is 0 Å². The van der Waals surface area contributed by atoms with Gasteiger partial charge in [0, 0.05) is 6.54 Å². The highest BCUT2D eigenvalue weighted by Crippen LogP contribution is 2.15. The molecule has 2 nitrogen and oxygen atoms in total. The molecule has 0 amide bonds. The van der Waals surface area contributed by atoms with E-state index in [0.717, 1.165) is 13.1 Å². The molecule has 0 aromatic heterocycles. The lowest BCUT2D eigenvalue weighted by Crippen LogP contribution is -2.19. The molecule has 256 valence electrons. The van der Waals surface area contributed by atoms with Crippen LogP contribution in [0.3, 0.4) is 0 Å². The van der Waals surface area contributed by atoms with Crippen molar-refractivity contribution in [1.82, 2.24) is 9.80 Å². The molecule has 0 bridgehead atoms. The van der Waals surface area contributed by atoms with Gasteiger partial charge in [-0.05, 0) is 65.1 Å². The third-order valence-corrected chi connectivity index (χ3v) is 9.06. The lowest BCUT2D eigenvalue weighted by Gasteiger charge is -2.17. The first kappa shape index (κ1) is 42.2. The number of allylic oxidation sites excluding steroid dienone is 2. The van der Waals surface area contributed by atoms with Crippen LogP contribution in [0.5, 0.6) is 0 Å². The van der Waals surface area contributed by atoms with Gasteiger partial charge in [0.1, 0.15) is 0 Å². The second kappa shape index (κ2) is 37.4. The van der Waals surface area contributed by atoms with Gasteiger partial charge in [-0.1, -0.05) is 193 Å². The second-order valence-electron chi connectivity index (χ2n) is 13.9. The molecule has 0 saturated carbocycles. The van der Waals surface area contributed by atoms with Gasteiger partial charge in [0.05, 0.1) is 0 Å². The molecule has 0 atom stereocenters. The molecular weight excluding hydrogens is 520 g/mol. The average Bonchev–Trinajstić information content (AvgIpc) is 3.00. The molecule has 0 heterocycles. The minimum atomic E-state index is 1.13. The minimum absolute atomic E-state index is 1.13. The third kappa shape index (κ3) is 37.3. The monoisotopic (exact) mass is 603 g/mol. The predicted molar refractivity (Wildman–Crippen MR) is 198 cm³/mol. The van der Waals surface area contributed by atoms with E-state index in [1.807, 2.05) is 0 Å². The molecule has 0 aliphatic rings. The number of unbranched alkanes of at least 4 members (excludes halogenated alkanes) is 28. The first-order valence-corrected chi connectivity index (χ1v) is 19.9. The van der Waals surface area contributed by atoms with Crippen LogP contribution in [-0.2, 0) is 0 Å². The second-order valence-corrected chi connectivity index (χ2v) is 13.9. The summed E-state index contributed by atoms with van der Waals surface area (Å²) in [6, 6.07) is 0. The summed E-state index contributed by atoms with van der Waals surface area (Å²) in [5.41, 5.74) is 0. The van der Waals surface area contributed by atoms with Gasteiger partial charge in [-0.2, -0.15) is 0 Å². The van der Waals surface area contributed by atoms with E-state index in [1.165, 1.54) is 199 Å². The number of hydrogen-bond donors (Lipinski definition) is 0. The Morgan fingerprint density at radius 3 is 0.884 bits per heavy atom. The highest BCUT2D eigenvalue weighted by Gasteiger charge is 1.98.